The number of hydrogen-bond acceptors (Lipinski definition) is 2. The van der Waals surface area contributed by atoms with Crippen LogP contribution in [0.2, 0.25) is 0 Å². The Kier molecular flexibility index (Phi) is 3.85. The molecule has 1 aliphatic heterocycles. The zero-order chi connectivity index (χ0) is 14.0. The quantitative estimate of drug-likeness (QED) is 0.883. The zero-order valence-corrected chi connectivity index (χ0v) is 11.1. The van der Waals surface area contributed by atoms with E-state index in [1.807, 2.05) is 6.92 Å². The second-order valence-corrected chi connectivity index (χ2v) is 5.22. The fraction of sp³-hybridized carbons (Fsp3) is 0.500. The summed E-state index contributed by atoms with van der Waals surface area (Å²) in [6.07, 6.45) is 1.68. The smallest absolute Gasteiger partial charge is 0.240 e. The number of carbonyl (C=O) groups is 1. The molecule has 0 bridgehead atoms. The first-order valence-electron chi connectivity index (χ1n) is 6.43. The van der Waals surface area contributed by atoms with Crippen molar-refractivity contribution in [1.82, 2.24) is 10.6 Å². The summed E-state index contributed by atoms with van der Waals surface area (Å²) < 4.78 is 26.7. The van der Waals surface area contributed by atoms with Crippen LogP contribution in [0.25, 0.3) is 0 Å². The van der Waals surface area contributed by atoms with Gasteiger partial charge in [-0.05, 0) is 51.4 Å². The van der Waals surface area contributed by atoms with Crippen LogP contribution in [0.15, 0.2) is 18.2 Å². The van der Waals surface area contributed by atoms with E-state index in [-0.39, 0.29) is 11.5 Å². The third-order valence-electron chi connectivity index (χ3n) is 3.64. The van der Waals surface area contributed by atoms with Gasteiger partial charge < -0.3 is 10.6 Å². The van der Waals surface area contributed by atoms with Crippen molar-refractivity contribution in [2.45, 2.75) is 38.3 Å². The van der Waals surface area contributed by atoms with E-state index in [0.717, 1.165) is 37.6 Å². The van der Waals surface area contributed by atoms with Gasteiger partial charge in [0.1, 0.15) is 11.6 Å². The first-order chi connectivity index (χ1) is 8.92. The highest BCUT2D eigenvalue weighted by atomic mass is 19.1. The van der Waals surface area contributed by atoms with E-state index < -0.39 is 23.2 Å². The monoisotopic (exact) mass is 268 g/mol. The Labute approximate surface area is 111 Å². The Morgan fingerprint density at radius 1 is 1.47 bits per heavy atom. The van der Waals surface area contributed by atoms with E-state index in [4.69, 9.17) is 0 Å². The molecule has 1 aromatic rings. The Hall–Kier alpha value is -1.49. The van der Waals surface area contributed by atoms with Gasteiger partial charge >= 0.3 is 0 Å². The zero-order valence-electron chi connectivity index (χ0n) is 11.1. The number of halogens is 2. The molecule has 1 fully saturated rings. The van der Waals surface area contributed by atoms with Crippen LogP contribution < -0.4 is 10.6 Å². The van der Waals surface area contributed by atoms with Gasteiger partial charge in [-0.1, -0.05) is 0 Å². The van der Waals surface area contributed by atoms with Gasteiger partial charge in [-0.3, -0.25) is 4.79 Å². The third kappa shape index (κ3) is 2.92. The highest BCUT2D eigenvalue weighted by Crippen LogP contribution is 2.22. The summed E-state index contributed by atoms with van der Waals surface area (Å²) in [6.45, 7) is 4.27. The average molecular weight is 268 g/mol. The van der Waals surface area contributed by atoms with Crippen LogP contribution in [0.3, 0.4) is 0 Å². The Morgan fingerprint density at radius 2 is 2.21 bits per heavy atom. The first-order valence-corrected chi connectivity index (χ1v) is 6.43. The molecular weight excluding hydrogens is 250 g/mol. The van der Waals surface area contributed by atoms with Crippen molar-refractivity contribution < 1.29 is 13.6 Å². The normalized spacial score (nSPS) is 24.2. The number of amides is 1. The Bertz CT molecular complexity index is 484. The fourth-order valence-corrected chi connectivity index (χ4v) is 2.37. The topological polar surface area (TPSA) is 41.1 Å². The van der Waals surface area contributed by atoms with Crippen LogP contribution in [0.1, 0.15) is 38.3 Å². The van der Waals surface area contributed by atoms with E-state index in [1.54, 1.807) is 6.92 Å². The van der Waals surface area contributed by atoms with Crippen LogP contribution >= 0.6 is 0 Å². The largest absolute Gasteiger partial charge is 0.348 e. The molecule has 1 saturated heterocycles. The molecule has 104 valence electrons. The van der Waals surface area contributed by atoms with Crippen LogP contribution in [0, 0.1) is 11.6 Å². The van der Waals surface area contributed by atoms with Gasteiger partial charge in [-0.15, -0.1) is 0 Å². The molecule has 5 heteroatoms. The molecule has 2 rings (SSSR count). The second kappa shape index (κ2) is 5.25. The predicted molar refractivity (Wildman–Crippen MR) is 68.6 cm³/mol. The molecule has 1 amide bonds. The molecule has 2 unspecified atom stereocenters. The number of nitrogens with one attached hydrogen (secondary N) is 2. The standard InChI is InChI=1S/C14H18F2N2O/c1-9(11-8-10(15)4-5-12(11)16)18-13(19)14(2)6-3-7-17-14/h4-5,8-9,17H,3,6-7H2,1-2H3,(H,18,19). The fourth-order valence-electron chi connectivity index (χ4n) is 2.37. The molecule has 2 atom stereocenters. The molecule has 0 spiro atoms. The minimum absolute atomic E-state index is 0.162. The molecule has 2 N–H and O–H groups in total. The molecule has 0 saturated carbocycles. The number of benzene rings is 1. The second-order valence-electron chi connectivity index (χ2n) is 5.22. The van der Waals surface area contributed by atoms with Crippen molar-refractivity contribution in [1.29, 1.82) is 0 Å². The number of carbonyl (C=O) groups excluding carboxylic acids is 1. The molecule has 3 nitrogen and oxygen atoms in total. The van der Waals surface area contributed by atoms with Crippen molar-refractivity contribution in [3.8, 4) is 0 Å². The molecule has 0 aromatic heterocycles. The first kappa shape index (κ1) is 13.9. The van der Waals surface area contributed by atoms with Crippen LogP contribution in [0.4, 0.5) is 8.78 Å². The summed E-state index contributed by atoms with van der Waals surface area (Å²) in [5.74, 6) is -1.21. The molecule has 19 heavy (non-hydrogen) atoms. The predicted octanol–water partition coefficient (Wildman–Crippen LogP) is 2.28. The summed E-state index contributed by atoms with van der Waals surface area (Å²) >= 11 is 0. The van der Waals surface area contributed by atoms with Gasteiger partial charge in [0.05, 0.1) is 11.6 Å². The van der Waals surface area contributed by atoms with E-state index in [2.05, 4.69) is 10.6 Å². The van der Waals surface area contributed by atoms with Gasteiger partial charge in [0.15, 0.2) is 0 Å². The van der Waals surface area contributed by atoms with E-state index >= 15 is 0 Å². The number of hydrogen-bond donors (Lipinski definition) is 2. The molecule has 1 aromatic carbocycles. The molecule has 1 aliphatic rings. The van der Waals surface area contributed by atoms with E-state index in [1.165, 1.54) is 0 Å². The molecular formula is C14H18F2N2O. The highest BCUT2D eigenvalue weighted by molar-refractivity contribution is 5.86. The summed E-state index contributed by atoms with van der Waals surface area (Å²) in [5.41, 5.74) is -0.451. The van der Waals surface area contributed by atoms with Gasteiger partial charge in [-0.2, -0.15) is 0 Å². The lowest BCUT2D eigenvalue weighted by Crippen LogP contribution is -2.51. The maximum absolute atomic E-state index is 13.6. The SMILES string of the molecule is CC(NC(=O)C1(C)CCCN1)c1cc(F)ccc1F. The van der Waals surface area contributed by atoms with Gasteiger partial charge in [0.2, 0.25) is 5.91 Å². The van der Waals surface area contributed by atoms with Crippen LogP contribution in [-0.2, 0) is 4.79 Å². The Balaban J connectivity index is 2.10. The lowest BCUT2D eigenvalue weighted by molar-refractivity contribution is -0.127. The summed E-state index contributed by atoms with van der Waals surface area (Å²) in [4.78, 5) is 12.2. The molecule has 0 radical (unpaired) electrons. The maximum atomic E-state index is 13.6. The van der Waals surface area contributed by atoms with Crippen LogP contribution in [-0.4, -0.2) is 18.0 Å². The van der Waals surface area contributed by atoms with Crippen molar-refractivity contribution in [3.05, 3.63) is 35.4 Å². The summed E-state index contributed by atoms with van der Waals surface area (Å²) in [5, 5.41) is 5.87. The van der Waals surface area contributed by atoms with Crippen molar-refractivity contribution in [2.24, 2.45) is 0 Å². The van der Waals surface area contributed by atoms with E-state index in [9.17, 15) is 13.6 Å². The number of rotatable bonds is 3. The lowest BCUT2D eigenvalue weighted by atomic mass is 9.98. The molecule has 0 aliphatic carbocycles. The third-order valence-corrected chi connectivity index (χ3v) is 3.64. The minimum atomic E-state index is -0.613. The van der Waals surface area contributed by atoms with Crippen LogP contribution in [0.5, 0.6) is 0 Å². The summed E-state index contributed by atoms with van der Waals surface area (Å²) in [7, 11) is 0. The molecule has 1 heterocycles. The highest BCUT2D eigenvalue weighted by Gasteiger charge is 2.36. The summed E-state index contributed by atoms with van der Waals surface area (Å²) in [6, 6.07) is 2.68. The Morgan fingerprint density at radius 3 is 2.84 bits per heavy atom. The van der Waals surface area contributed by atoms with Crippen molar-refractivity contribution >= 4 is 5.91 Å². The maximum Gasteiger partial charge on any atom is 0.240 e. The average Bonchev–Trinajstić information content (AvgIpc) is 2.80. The van der Waals surface area contributed by atoms with Gasteiger partial charge in [0.25, 0.3) is 0 Å². The lowest BCUT2D eigenvalue weighted by Gasteiger charge is -2.26. The van der Waals surface area contributed by atoms with Gasteiger partial charge in [0, 0.05) is 5.56 Å². The minimum Gasteiger partial charge on any atom is -0.348 e. The van der Waals surface area contributed by atoms with Crippen molar-refractivity contribution in [2.75, 3.05) is 6.54 Å². The van der Waals surface area contributed by atoms with Gasteiger partial charge in [-0.25, -0.2) is 8.78 Å². The van der Waals surface area contributed by atoms with E-state index in [0.29, 0.717) is 0 Å². The van der Waals surface area contributed by atoms with Crippen molar-refractivity contribution in [3.63, 3.8) is 0 Å².